The van der Waals surface area contributed by atoms with E-state index in [-0.39, 0.29) is 0 Å². The van der Waals surface area contributed by atoms with Crippen LogP contribution in [0, 0.1) is 13.0 Å². The van der Waals surface area contributed by atoms with Crippen molar-refractivity contribution in [2.24, 2.45) is 0 Å². The van der Waals surface area contributed by atoms with Gasteiger partial charge in [0.2, 0.25) is 0 Å². The summed E-state index contributed by atoms with van der Waals surface area (Å²) in [5.74, 6) is 0. The van der Waals surface area contributed by atoms with E-state index in [9.17, 15) is 0 Å². The molecule has 0 aliphatic heterocycles. The van der Waals surface area contributed by atoms with Gasteiger partial charge in [0.1, 0.15) is 5.03 Å². The van der Waals surface area contributed by atoms with Crippen molar-refractivity contribution in [3.63, 3.8) is 0 Å². The minimum absolute atomic E-state index is 0.584. The molecule has 0 aromatic carbocycles. The molecule has 11 heavy (non-hydrogen) atoms. The van der Waals surface area contributed by atoms with E-state index in [1.165, 1.54) is 0 Å². The summed E-state index contributed by atoms with van der Waals surface area (Å²) < 4.78 is 0. The van der Waals surface area contributed by atoms with Crippen LogP contribution in [-0.2, 0) is 0 Å². The largest absolute Gasteiger partial charge is 0.249 e. The van der Waals surface area contributed by atoms with Gasteiger partial charge in [-0.25, -0.2) is 4.98 Å². The summed E-state index contributed by atoms with van der Waals surface area (Å²) in [6.07, 6.45) is 1.83. The van der Waals surface area contributed by atoms with E-state index in [2.05, 4.69) is 24.9 Å². The van der Waals surface area contributed by atoms with E-state index in [4.69, 9.17) is 0 Å². The fourth-order valence-corrected chi connectivity index (χ4v) is 1.53. The molecule has 0 atom stereocenters. The van der Waals surface area contributed by atoms with Crippen LogP contribution in [0.15, 0.2) is 17.3 Å². The number of hydrogen-bond donors (Lipinski definition) is 0. The molecule has 1 rings (SSSR count). The third-order valence-corrected chi connectivity index (χ3v) is 2.07. The van der Waals surface area contributed by atoms with Crippen LogP contribution in [0.4, 0.5) is 0 Å². The molecule has 1 aromatic heterocycles. The Balaban J connectivity index is 2.71. The molecule has 0 bridgehead atoms. The van der Waals surface area contributed by atoms with Crippen molar-refractivity contribution < 1.29 is 0 Å². The molecule has 0 fully saturated rings. The van der Waals surface area contributed by atoms with Gasteiger partial charge in [-0.05, 0) is 18.6 Å². The van der Waals surface area contributed by atoms with Crippen LogP contribution in [0.25, 0.3) is 0 Å². The minimum atomic E-state index is 0.584. The third-order valence-electron chi connectivity index (χ3n) is 1.17. The maximum atomic E-state index is 4.19. The quantitative estimate of drug-likeness (QED) is 0.626. The zero-order valence-corrected chi connectivity index (χ0v) is 7.90. The predicted octanol–water partition coefficient (Wildman–Crippen LogP) is 2.69. The highest BCUT2D eigenvalue weighted by atomic mass is 32.2. The Morgan fingerprint density at radius 1 is 1.55 bits per heavy atom. The molecule has 2 heteroatoms. The minimum Gasteiger partial charge on any atom is -0.249 e. The van der Waals surface area contributed by atoms with Crippen molar-refractivity contribution in [2.75, 3.05) is 0 Å². The molecule has 0 unspecified atom stereocenters. The predicted molar refractivity (Wildman–Crippen MR) is 48.8 cm³/mol. The van der Waals surface area contributed by atoms with E-state index < -0.39 is 0 Å². The third kappa shape index (κ3) is 2.93. The summed E-state index contributed by atoms with van der Waals surface area (Å²) in [7, 11) is 0. The lowest BCUT2D eigenvalue weighted by molar-refractivity contribution is 1.06. The SMILES string of the molecule is Cc1[c]c(SC(C)C)ncc1. The van der Waals surface area contributed by atoms with Crippen LogP contribution in [0.3, 0.4) is 0 Å². The molecule has 1 radical (unpaired) electrons. The Morgan fingerprint density at radius 2 is 2.27 bits per heavy atom. The van der Waals surface area contributed by atoms with Crippen LogP contribution in [0.1, 0.15) is 19.4 Å². The molecule has 0 spiro atoms. The fraction of sp³-hybridized carbons (Fsp3) is 0.444. The second-order valence-electron chi connectivity index (χ2n) is 2.72. The van der Waals surface area contributed by atoms with E-state index in [1.54, 1.807) is 11.8 Å². The smallest absolute Gasteiger partial charge is 0.104 e. The van der Waals surface area contributed by atoms with Gasteiger partial charge in [0.05, 0.1) is 0 Å². The molecule has 1 heterocycles. The van der Waals surface area contributed by atoms with Gasteiger partial charge in [0.25, 0.3) is 0 Å². The number of thioether (sulfide) groups is 1. The van der Waals surface area contributed by atoms with Crippen molar-refractivity contribution >= 4 is 11.8 Å². The van der Waals surface area contributed by atoms with Crippen molar-refractivity contribution in [2.45, 2.75) is 31.0 Å². The Labute approximate surface area is 72.2 Å². The molecule has 0 aliphatic carbocycles. The van der Waals surface area contributed by atoms with E-state index in [0.29, 0.717) is 5.25 Å². The lowest BCUT2D eigenvalue weighted by Gasteiger charge is -2.02. The number of hydrogen-bond acceptors (Lipinski definition) is 2. The van der Waals surface area contributed by atoms with Crippen LogP contribution in [0.5, 0.6) is 0 Å². The summed E-state index contributed by atoms with van der Waals surface area (Å²) in [5.41, 5.74) is 1.16. The van der Waals surface area contributed by atoms with Crippen LogP contribution in [-0.4, -0.2) is 10.2 Å². The van der Waals surface area contributed by atoms with Crippen molar-refractivity contribution in [3.8, 4) is 0 Å². The van der Waals surface area contributed by atoms with Crippen LogP contribution >= 0.6 is 11.8 Å². The van der Waals surface area contributed by atoms with Crippen LogP contribution in [0.2, 0.25) is 0 Å². The van der Waals surface area contributed by atoms with Gasteiger partial charge in [0, 0.05) is 17.5 Å². The molecule has 0 saturated carbocycles. The monoisotopic (exact) mass is 166 g/mol. The molecule has 59 valence electrons. The molecular weight excluding hydrogens is 154 g/mol. The highest BCUT2D eigenvalue weighted by molar-refractivity contribution is 7.99. The normalized spacial score (nSPS) is 10.5. The Bertz CT molecular complexity index is 233. The Kier molecular flexibility index (Phi) is 2.94. The first-order chi connectivity index (χ1) is 5.18. The number of nitrogens with zero attached hydrogens (tertiary/aromatic N) is 1. The topological polar surface area (TPSA) is 12.9 Å². The first-order valence-corrected chi connectivity index (χ1v) is 4.58. The van der Waals surface area contributed by atoms with E-state index >= 15 is 0 Å². The summed E-state index contributed by atoms with van der Waals surface area (Å²) in [6, 6.07) is 5.15. The maximum Gasteiger partial charge on any atom is 0.104 e. The van der Waals surface area contributed by atoms with Gasteiger partial charge in [-0.3, -0.25) is 0 Å². The Hall–Kier alpha value is -0.500. The van der Waals surface area contributed by atoms with Gasteiger partial charge in [-0.15, -0.1) is 11.8 Å². The zero-order valence-electron chi connectivity index (χ0n) is 7.09. The molecule has 1 nitrogen and oxygen atoms in total. The maximum absolute atomic E-state index is 4.19. The summed E-state index contributed by atoms with van der Waals surface area (Å²) in [5, 5.41) is 1.58. The summed E-state index contributed by atoms with van der Waals surface area (Å²) >= 11 is 1.75. The molecule has 0 aliphatic rings. The van der Waals surface area contributed by atoms with Gasteiger partial charge in [-0.2, -0.15) is 0 Å². The van der Waals surface area contributed by atoms with Gasteiger partial charge in [0.15, 0.2) is 0 Å². The average Bonchev–Trinajstić information content (AvgIpc) is 1.85. The highest BCUT2D eigenvalue weighted by Gasteiger charge is 1.98. The van der Waals surface area contributed by atoms with Gasteiger partial charge in [-0.1, -0.05) is 13.8 Å². The molecule has 0 saturated heterocycles. The standard InChI is InChI=1S/C9H12NS/c1-7(2)11-9-6-8(3)4-5-10-9/h4-5,7H,1-3H3. The van der Waals surface area contributed by atoms with Crippen molar-refractivity contribution in [3.05, 3.63) is 23.9 Å². The second kappa shape index (κ2) is 3.77. The molecule has 0 amide bonds. The highest BCUT2D eigenvalue weighted by Crippen LogP contribution is 2.19. The first kappa shape index (κ1) is 8.60. The lowest BCUT2D eigenvalue weighted by atomic mass is 10.3. The van der Waals surface area contributed by atoms with Crippen molar-refractivity contribution in [1.82, 2.24) is 4.98 Å². The van der Waals surface area contributed by atoms with E-state index in [0.717, 1.165) is 10.6 Å². The van der Waals surface area contributed by atoms with Crippen LogP contribution < -0.4 is 0 Å². The average molecular weight is 166 g/mol. The summed E-state index contributed by atoms with van der Waals surface area (Å²) in [4.78, 5) is 4.19. The molecular formula is C9H12NS. The Morgan fingerprint density at radius 3 is 2.82 bits per heavy atom. The first-order valence-electron chi connectivity index (χ1n) is 3.70. The van der Waals surface area contributed by atoms with E-state index in [1.807, 2.05) is 19.2 Å². The number of rotatable bonds is 2. The summed E-state index contributed by atoms with van der Waals surface area (Å²) in [6.45, 7) is 6.34. The lowest BCUT2D eigenvalue weighted by Crippen LogP contribution is -1.89. The molecule has 1 aromatic rings. The number of pyridine rings is 1. The second-order valence-corrected chi connectivity index (χ2v) is 4.29. The molecule has 0 N–H and O–H groups in total. The van der Waals surface area contributed by atoms with Gasteiger partial charge >= 0.3 is 0 Å². The number of aryl methyl sites for hydroxylation is 1. The fourth-order valence-electron chi connectivity index (χ4n) is 0.743. The number of aromatic nitrogens is 1. The van der Waals surface area contributed by atoms with Crippen molar-refractivity contribution in [1.29, 1.82) is 0 Å². The zero-order chi connectivity index (χ0) is 8.27. The van der Waals surface area contributed by atoms with Gasteiger partial charge < -0.3 is 0 Å².